The minimum absolute atomic E-state index is 0.0692. The number of sulfonamides is 1. The zero-order valence-electron chi connectivity index (χ0n) is 17.2. The van der Waals surface area contributed by atoms with E-state index in [2.05, 4.69) is 22.4 Å². The first-order valence-corrected chi connectivity index (χ1v) is 12.1. The van der Waals surface area contributed by atoms with E-state index in [0.717, 1.165) is 38.5 Å². The van der Waals surface area contributed by atoms with Crippen LogP contribution in [0.15, 0.2) is 33.6 Å². The maximum absolute atomic E-state index is 12.8. The minimum atomic E-state index is -3.54. The summed E-state index contributed by atoms with van der Waals surface area (Å²) in [7, 11) is -3.54. The van der Waals surface area contributed by atoms with Crippen molar-refractivity contribution in [3.63, 3.8) is 0 Å². The van der Waals surface area contributed by atoms with Gasteiger partial charge in [0.25, 0.3) is 5.91 Å². The molecule has 2 heterocycles. The second-order valence-electron chi connectivity index (χ2n) is 8.35. The Hall–Kier alpha value is -2.26. The maximum Gasteiger partial charge on any atom is 0.322 e. The molecule has 1 aliphatic carbocycles. The number of benzene rings is 1. The minimum Gasteiger partial charge on any atom is -0.408 e. The standard InChI is InChI=1S/C21H28N4O4S/c1-15-11-13-25(14-12-15)30(27,28)18-9-7-16(8-10-18)19(26)22-21-24-23-20(29-21)17-5-3-2-4-6-17/h7-10,15,17H,2-6,11-14H2,1H3,(H,22,24,26). The Morgan fingerprint density at radius 1 is 1.03 bits per heavy atom. The van der Waals surface area contributed by atoms with E-state index in [1.807, 2.05) is 0 Å². The molecule has 4 rings (SSSR count). The number of carbonyl (C=O) groups excluding carboxylic acids is 1. The van der Waals surface area contributed by atoms with Crippen LogP contribution in [0.5, 0.6) is 0 Å². The fraction of sp³-hybridized carbons (Fsp3) is 0.571. The van der Waals surface area contributed by atoms with Crippen LogP contribution in [0.1, 0.15) is 74.0 Å². The van der Waals surface area contributed by atoms with Crippen LogP contribution in [0.2, 0.25) is 0 Å². The highest BCUT2D eigenvalue weighted by Crippen LogP contribution is 2.32. The van der Waals surface area contributed by atoms with E-state index < -0.39 is 15.9 Å². The van der Waals surface area contributed by atoms with E-state index in [1.54, 1.807) is 0 Å². The Kier molecular flexibility index (Phi) is 6.19. The van der Waals surface area contributed by atoms with Crippen molar-refractivity contribution < 1.29 is 17.6 Å². The Balaban J connectivity index is 1.40. The van der Waals surface area contributed by atoms with Gasteiger partial charge in [0, 0.05) is 24.6 Å². The van der Waals surface area contributed by atoms with Crippen LogP contribution in [0.4, 0.5) is 6.01 Å². The molecule has 2 fully saturated rings. The maximum atomic E-state index is 12.8. The molecule has 162 valence electrons. The van der Waals surface area contributed by atoms with Crippen LogP contribution in [0.3, 0.4) is 0 Å². The lowest BCUT2D eigenvalue weighted by molar-refractivity contribution is 0.102. The molecule has 1 saturated carbocycles. The smallest absolute Gasteiger partial charge is 0.322 e. The number of anilines is 1. The van der Waals surface area contributed by atoms with Crippen molar-refractivity contribution in [2.45, 2.75) is 62.7 Å². The molecule has 1 aromatic heterocycles. The molecule has 30 heavy (non-hydrogen) atoms. The molecule has 1 aromatic carbocycles. The molecule has 1 aliphatic heterocycles. The Morgan fingerprint density at radius 3 is 2.37 bits per heavy atom. The number of hydrogen-bond acceptors (Lipinski definition) is 6. The lowest BCUT2D eigenvalue weighted by Crippen LogP contribution is -2.37. The predicted molar refractivity (Wildman–Crippen MR) is 112 cm³/mol. The number of rotatable bonds is 5. The zero-order chi connectivity index (χ0) is 21.1. The number of nitrogens with zero attached hydrogens (tertiary/aromatic N) is 3. The third kappa shape index (κ3) is 4.57. The zero-order valence-corrected chi connectivity index (χ0v) is 18.0. The molecular weight excluding hydrogens is 404 g/mol. The van der Waals surface area contributed by atoms with E-state index in [1.165, 1.54) is 35.0 Å². The number of carbonyl (C=O) groups is 1. The third-order valence-corrected chi connectivity index (χ3v) is 8.03. The van der Waals surface area contributed by atoms with E-state index in [4.69, 9.17) is 4.42 Å². The quantitative estimate of drug-likeness (QED) is 0.771. The SMILES string of the molecule is CC1CCN(S(=O)(=O)c2ccc(C(=O)Nc3nnc(C4CCCCC4)o3)cc2)CC1. The van der Waals surface area contributed by atoms with Gasteiger partial charge < -0.3 is 4.42 Å². The number of aromatic nitrogens is 2. The largest absolute Gasteiger partial charge is 0.408 e. The van der Waals surface area contributed by atoms with Crippen molar-refractivity contribution in [2.75, 3.05) is 18.4 Å². The molecule has 0 unspecified atom stereocenters. The lowest BCUT2D eigenvalue weighted by Gasteiger charge is -2.29. The fourth-order valence-electron chi connectivity index (χ4n) is 4.12. The number of hydrogen-bond donors (Lipinski definition) is 1. The average molecular weight is 433 g/mol. The van der Waals surface area contributed by atoms with E-state index in [-0.39, 0.29) is 16.8 Å². The van der Waals surface area contributed by atoms with Crippen LogP contribution in [0.25, 0.3) is 0 Å². The summed E-state index contributed by atoms with van der Waals surface area (Å²) >= 11 is 0. The van der Waals surface area contributed by atoms with Gasteiger partial charge in [-0.05, 0) is 55.9 Å². The molecular formula is C21H28N4O4S. The molecule has 0 radical (unpaired) electrons. The van der Waals surface area contributed by atoms with Crippen molar-refractivity contribution in [3.8, 4) is 0 Å². The second kappa shape index (κ2) is 8.85. The molecule has 1 N–H and O–H groups in total. The van der Waals surface area contributed by atoms with Crippen LogP contribution in [-0.2, 0) is 10.0 Å². The molecule has 8 nitrogen and oxygen atoms in total. The first-order chi connectivity index (χ1) is 14.4. The van der Waals surface area contributed by atoms with Gasteiger partial charge in [-0.3, -0.25) is 10.1 Å². The van der Waals surface area contributed by atoms with Gasteiger partial charge in [0.2, 0.25) is 15.9 Å². The van der Waals surface area contributed by atoms with Crippen molar-refractivity contribution in [1.82, 2.24) is 14.5 Å². The summed E-state index contributed by atoms with van der Waals surface area (Å²) in [6.07, 6.45) is 7.33. The molecule has 9 heteroatoms. The topological polar surface area (TPSA) is 105 Å². The highest BCUT2D eigenvalue weighted by atomic mass is 32.2. The van der Waals surface area contributed by atoms with Crippen LogP contribution >= 0.6 is 0 Å². The van der Waals surface area contributed by atoms with Gasteiger partial charge in [-0.1, -0.05) is 31.3 Å². The average Bonchev–Trinajstić information content (AvgIpc) is 3.23. The summed E-state index contributed by atoms with van der Waals surface area (Å²) in [5.41, 5.74) is 0.332. The van der Waals surface area contributed by atoms with Crippen molar-refractivity contribution in [2.24, 2.45) is 5.92 Å². The van der Waals surface area contributed by atoms with Gasteiger partial charge in [-0.15, -0.1) is 5.10 Å². The molecule has 2 aromatic rings. The Bertz CT molecular complexity index is 973. The predicted octanol–water partition coefficient (Wildman–Crippen LogP) is 3.79. The van der Waals surface area contributed by atoms with Crippen molar-refractivity contribution in [3.05, 3.63) is 35.7 Å². The van der Waals surface area contributed by atoms with Crippen LogP contribution in [0, 0.1) is 5.92 Å². The molecule has 1 saturated heterocycles. The van der Waals surface area contributed by atoms with Gasteiger partial charge >= 0.3 is 6.01 Å². The van der Waals surface area contributed by atoms with Crippen molar-refractivity contribution >= 4 is 21.9 Å². The van der Waals surface area contributed by atoms with E-state index in [9.17, 15) is 13.2 Å². The van der Waals surface area contributed by atoms with Gasteiger partial charge in [0.15, 0.2) is 0 Å². The molecule has 0 spiro atoms. The molecule has 0 atom stereocenters. The molecule has 2 aliphatic rings. The number of amides is 1. The Labute approximate surface area is 177 Å². The van der Waals surface area contributed by atoms with Gasteiger partial charge in [0.1, 0.15) is 0 Å². The molecule has 1 amide bonds. The van der Waals surface area contributed by atoms with Gasteiger partial charge in [-0.25, -0.2) is 8.42 Å². The third-order valence-electron chi connectivity index (χ3n) is 6.11. The summed E-state index contributed by atoms with van der Waals surface area (Å²) in [6, 6.07) is 6.03. The molecule has 0 bridgehead atoms. The van der Waals surface area contributed by atoms with Gasteiger partial charge in [0.05, 0.1) is 4.90 Å². The monoisotopic (exact) mass is 432 g/mol. The highest BCUT2D eigenvalue weighted by Gasteiger charge is 2.28. The summed E-state index contributed by atoms with van der Waals surface area (Å²) in [4.78, 5) is 12.7. The second-order valence-corrected chi connectivity index (χ2v) is 10.3. The summed E-state index contributed by atoms with van der Waals surface area (Å²) in [5.74, 6) is 0.969. The normalized spacial score (nSPS) is 19.6. The Morgan fingerprint density at radius 2 is 1.70 bits per heavy atom. The number of piperidine rings is 1. The van der Waals surface area contributed by atoms with E-state index >= 15 is 0 Å². The van der Waals surface area contributed by atoms with E-state index in [0.29, 0.717) is 30.5 Å². The first-order valence-electron chi connectivity index (χ1n) is 10.7. The fourth-order valence-corrected chi connectivity index (χ4v) is 5.59. The first kappa shape index (κ1) is 21.0. The highest BCUT2D eigenvalue weighted by molar-refractivity contribution is 7.89. The lowest BCUT2D eigenvalue weighted by atomic mass is 9.89. The van der Waals surface area contributed by atoms with Crippen molar-refractivity contribution in [1.29, 1.82) is 0 Å². The van der Waals surface area contributed by atoms with Crippen LogP contribution in [-0.4, -0.2) is 41.9 Å². The summed E-state index contributed by atoms with van der Waals surface area (Å²) in [6.45, 7) is 3.21. The van der Waals surface area contributed by atoms with Gasteiger partial charge in [-0.2, -0.15) is 4.31 Å². The number of nitrogens with one attached hydrogen (secondary N) is 1. The van der Waals surface area contributed by atoms with Crippen LogP contribution < -0.4 is 5.32 Å². The summed E-state index contributed by atoms with van der Waals surface area (Å²) < 4.78 is 32.8. The summed E-state index contributed by atoms with van der Waals surface area (Å²) in [5, 5.41) is 10.6.